The van der Waals surface area contributed by atoms with E-state index in [-0.39, 0.29) is 25.4 Å². The molecule has 1 amide bonds. The molecule has 2 heterocycles. The van der Waals surface area contributed by atoms with Gasteiger partial charge in [-0.25, -0.2) is 4.68 Å². The highest BCUT2D eigenvalue weighted by Crippen LogP contribution is 2.43. The topological polar surface area (TPSA) is 86.3 Å². The lowest BCUT2D eigenvalue weighted by atomic mass is 10.1. The number of anilines is 1. The molecule has 1 aromatic carbocycles. The minimum Gasteiger partial charge on any atom is -0.489 e. The van der Waals surface area contributed by atoms with Gasteiger partial charge in [-0.3, -0.25) is 4.79 Å². The molecule has 0 unspecified atom stereocenters. The SMILES string of the molecule is NC(=O)Cn1cc(CN2CCOc3c2cccc3C(F)(F)F)nn1. The molecule has 0 saturated carbocycles. The van der Waals surface area contributed by atoms with Gasteiger partial charge in [-0.1, -0.05) is 11.3 Å². The van der Waals surface area contributed by atoms with Gasteiger partial charge in [0.2, 0.25) is 5.91 Å². The second kappa shape index (κ2) is 6.02. The van der Waals surface area contributed by atoms with Crippen LogP contribution in [0.3, 0.4) is 0 Å². The highest BCUT2D eigenvalue weighted by molar-refractivity contribution is 5.73. The molecule has 1 aromatic heterocycles. The van der Waals surface area contributed by atoms with Crippen molar-refractivity contribution in [1.29, 1.82) is 0 Å². The van der Waals surface area contributed by atoms with Crippen molar-refractivity contribution in [2.45, 2.75) is 19.3 Å². The molecule has 0 aliphatic carbocycles. The van der Waals surface area contributed by atoms with Crippen molar-refractivity contribution in [2.75, 3.05) is 18.1 Å². The van der Waals surface area contributed by atoms with E-state index in [0.717, 1.165) is 6.07 Å². The molecule has 2 N–H and O–H groups in total. The van der Waals surface area contributed by atoms with E-state index >= 15 is 0 Å². The Balaban J connectivity index is 1.85. The summed E-state index contributed by atoms with van der Waals surface area (Å²) >= 11 is 0. The molecule has 3 rings (SSSR count). The highest BCUT2D eigenvalue weighted by Gasteiger charge is 2.37. The third-order valence-electron chi connectivity index (χ3n) is 3.50. The van der Waals surface area contributed by atoms with Crippen LogP contribution in [0.15, 0.2) is 24.4 Å². The normalized spacial score (nSPS) is 14.2. The van der Waals surface area contributed by atoms with Crippen molar-refractivity contribution in [3.05, 3.63) is 35.7 Å². The molecule has 2 aromatic rings. The van der Waals surface area contributed by atoms with E-state index in [4.69, 9.17) is 10.5 Å². The number of nitrogens with two attached hydrogens (primary N) is 1. The second-order valence-electron chi connectivity index (χ2n) is 5.30. The molecule has 0 atom stereocenters. The predicted molar refractivity (Wildman–Crippen MR) is 77.2 cm³/mol. The molecule has 1 aliphatic rings. The summed E-state index contributed by atoms with van der Waals surface area (Å²) in [6.45, 7) is 0.688. The van der Waals surface area contributed by atoms with E-state index in [2.05, 4.69) is 10.3 Å². The highest BCUT2D eigenvalue weighted by atomic mass is 19.4. The number of nitrogens with zero attached hydrogens (tertiary/aromatic N) is 4. The van der Waals surface area contributed by atoms with Crippen LogP contribution in [0.5, 0.6) is 5.75 Å². The first-order valence-electron chi connectivity index (χ1n) is 7.10. The van der Waals surface area contributed by atoms with Gasteiger partial charge in [0.15, 0.2) is 5.75 Å². The van der Waals surface area contributed by atoms with Gasteiger partial charge in [-0.05, 0) is 12.1 Å². The van der Waals surface area contributed by atoms with Crippen molar-refractivity contribution < 1.29 is 22.7 Å². The van der Waals surface area contributed by atoms with Crippen LogP contribution in [0, 0.1) is 0 Å². The molecule has 1 aliphatic heterocycles. The Hall–Kier alpha value is -2.78. The molecule has 0 radical (unpaired) electrons. The largest absolute Gasteiger partial charge is 0.489 e. The summed E-state index contributed by atoms with van der Waals surface area (Å²) < 4.78 is 45.8. The summed E-state index contributed by atoms with van der Waals surface area (Å²) in [5.41, 5.74) is 5.14. The number of para-hydroxylation sites is 1. The van der Waals surface area contributed by atoms with E-state index in [1.165, 1.54) is 16.9 Å². The van der Waals surface area contributed by atoms with E-state index < -0.39 is 17.6 Å². The average Bonchev–Trinajstić information content (AvgIpc) is 2.92. The first-order valence-corrected chi connectivity index (χ1v) is 7.10. The first kappa shape index (κ1) is 16.1. The smallest absolute Gasteiger partial charge is 0.420 e. The summed E-state index contributed by atoms with van der Waals surface area (Å²) in [6.07, 6.45) is -2.95. The maximum atomic E-state index is 13.1. The van der Waals surface area contributed by atoms with Gasteiger partial charge in [-0.2, -0.15) is 13.2 Å². The van der Waals surface area contributed by atoms with Crippen LogP contribution in [-0.2, 0) is 24.1 Å². The fourth-order valence-electron chi connectivity index (χ4n) is 2.53. The predicted octanol–water partition coefficient (Wildman–Crippen LogP) is 1.18. The van der Waals surface area contributed by atoms with Crippen molar-refractivity contribution >= 4 is 11.6 Å². The number of fused-ring (bicyclic) bond motifs is 1. The van der Waals surface area contributed by atoms with E-state index in [9.17, 15) is 18.0 Å². The third-order valence-corrected chi connectivity index (χ3v) is 3.50. The zero-order valence-electron chi connectivity index (χ0n) is 12.5. The minimum atomic E-state index is -4.49. The third kappa shape index (κ3) is 3.26. The zero-order chi connectivity index (χ0) is 17.3. The number of alkyl halides is 3. The zero-order valence-corrected chi connectivity index (χ0v) is 12.5. The Morgan fingerprint density at radius 3 is 2.88 bits per heavy atom. The molecule has 24 heavy (non-hydrogen) atoms. The number of rotatable bonds is 4. The Bertz CT molecular complexity index is 759. The number of ether oxygens (including phenoxy) is 1. The number of benzene rings is 1. The standard InChI is InChI=1S/C14H14F3N5O2/c15-14(16,17)10-2-1-3-11-13(10)24-5-4-21(11)6-9-7-22(20-19-9)8-12(18)23/h1-3,7H,4-6,8H2,(H2,18,23). The maximum absolute atomic E-state index is 13.1. The number of primary amides is 1. The summed E-state index contributed by atoms with van der Waals surface area (Å²) in [5, 5.41) is 7.67. The van der Waals surface area contributed by atoms with Crippen LogP contribution >= 0.6 is 0 Å². The Kier molecular flexibility index (Phi) is 4.04. The van der Waals surface area contributed by atoms with Gasteiger partial charge in [-0.15, -0.1) is 5.10 Å². The molecule has 10 heteroatoms. The summed E-state index contributed by atoms with van der Waals surface area (Å²) in [7, 11) is 0. The first-order chi connectivity index (χ1) is 11.3. The van der Waals surface area contributed by atoms with Crippen molar-refractivity contribution in [1.82, 2.24) is 15.0 Å². The van der Waals surface area contributed by atoms with Gasteiger partial charge in [0.05, 0.1) is 30.5 Å². The number of amides is 1. The van der Waals surface area contributed by atoms with Gasteiger partial charge in [0, 0.05) is 0 Å². The number of halogens is 3. The number of carbonyl (C=O) groups excluding carboxylic acids is 1. The van der Waals surface area contributed by atoms with Crippen LogP contribution in [0.25, 0.3) is 0 Å². The molecule has 128 valence electrons. The molecule has 0 fully saturated rings. The molecule has 0 spiro atoms. The quantitative estimate of drug-likeness (QED) is 0.902. The number of hydrogen-bond donors (Lipinski definition) is 1. The number of hydrogen-bond acceptors (Lipinski definition) is 5. The lowest BCUT2D eigenvalue weighted by Gasteiger charge is -2.32. The van der Waals surface area contributed by atoms with Gasteiger partial charge >= 0.3 is 6.18 Å². The van der Waals surface area contributed by atoms with E-state index in [1.54, 1.807) is 11.0 Å². The van der Waals surface area contributed by atoms with Crippen LogP contribution in [-0.4, -0.2) is 34.1 Å². The summed E-state index contributed by atoms with van der Waals surface area (Å²) in [6, 6.07) is 3.90. The fourth-order valence-corrected chi connectivity index (χ4v) is 2.53. The van der Waals surface area contributed by atoms with Gasteiger partial charge in [0.1, 0.15) is 18.8 Å². The fraction of sp³-hybridized carbons (Fsp3) is 0.357. The molecule has 0 saturated heterocycles. The molecule has 0 bridgehead atoms. The van der Waals surface area contributed by atoms with Crippen molar-refractivity contribution in [3.8, 4) is 5.75 Å². The monoisotopic (exact) mass is 341 g/mol. The second-order valence-corrected chi connectivity index (χ2v) is 5.30. The van der Waals surface area contributed by atoms with Gasteiger partial charge < -0.3 is 15.4 Å². The average molecular weight is 341 g/mol. The Morgan fingerprint density at radius 2 is 2.17 bits per heavy atom. The molecular weight excluding hydrogens is 327 g/mol. The minimum absolute atomic E-state index is 0.106. The lowest BCUT2D eigenvalue weighted by molar-refractivity contribution is -0.139. The molecule has 7 nitrogen and oxygen atoms in total. The van der Waals surface area contributed by atoms with E-state index in [0.29, 0.717) is 17.9 Å². The van der Waals surface area contributed by atoms with Crippen molar-refractivity contribution in [2.24, 2.45) is 5.73 Å². The summed E-state index contributed by atoms with van der Waals surface area (Å²) in [4.78, 5) is 12.6. The maximum Gasteiger partial charge on any atom is 0.420 e. The lowest BCUT2D eigenvalue weighted by Crippen LogP contribution is -2.33. The Labute approximate surface area is 134 Å². The number of carbonyl (C=O) groups is 1. The van der Waals surface area contributed by atoms with Gasteiger partial charge in [0.25, 0.3) is 0 Å². The van der Waals surface area contributed by atoms with Crippen LogP contribution < -0.4 is 15.4 Å². The van der Waals surface area contributed by atoms with Crippen LogP contribution in [0.2, 0.25) is 0 Å². The Morgan fingerprint density at radius 1 is 1.38 bits per heavy atom. The van der Waals surface area contributed by atoms with Crippen LogP contribution in [0.4, 0.5) is 18.9 Å². The van der Waals surface area contributed by atoms with Crippen LogP contribution in [0.1, 0.15) is 11.3 Å². The summed E-state index contributed by atoms with van der Waals surface area (Å²) in [5.74, 6) is -0.737. The number of aromatic nitrogens is 3. The molecular formula is C14H14F3N5O2. The van der Waals surface area contributed by atoms with E-state index in [1.807, 2.05) is 0 Å². The van der Waals surface area contributed by atoms with Crippen molar-refractivity contribution in [3.63, 3.8) is 0 Å².